The van der Waals surface area contributed by atoms with Crippen LogP contribution in [0.15, 0.2) is 72.8 Å². The van der Waals surface area contributed by atoms with Gasteiger partial charge in [0.05, 0.1) is 12.9 Å². The molecular weight excluding hydrogens is 324 g/mol. The molecule has 0 spiro atoms. The van der Waals surface area contributed by atoms with Crippen LogP contribution in [0.5, 0.6) is 5.75 Å². The number of benzene rings is 2. The molecule has 0 N–H and O–H groups in total. The van der Waals surface area contributed by atoms with E-state index in [2.05, 4.69) is 4.98 Å². The molecule has 0 atom stereocenters. The van der Waals surface area contributed by atoms with Crippen molar-refractivity contribution in [2.24, 2.45) is 0 Å². The fourth-order valence-electron chi connectivity index (χ4n) is 3.24. The first-order valence-electron chi connectivity index (χ1n) is 8.82. The number of allylic oxidation sites excluding steroid dienone is 1. The minimum atomic E-state index is 0.121. The third kappa shape index (κ3) is 3.45. The van der Waals surface area contributed by atoms with Gasteiger partial charge in [-0.3, -0.25) is 4.79 Å². The number of rotatable bonds is 6. The largest absolute Gasteiger partial charge is 0.493 e. The number of Topliss-reactive ketones (excluding diaryl/α,β-unsaturated/α-hetero) is 1. The van der Waals surface area contributed by atoms with Crippen LogP contribution >= 0.6 is 0 Å². The maximum atomic E-state index is 12.6. The van der Waals surface area contributed by atoms with Crippen LogP contribution in [0.2, 0.25) is 0 Å². The normalized spacial score (nSPS) is 14.6. The molecule has 2 aromatic carbocycles. The second-order valence-corrected chi connectivity index (χ2v) is 6.37. The number of carbonyl (C=O) groups is 1. The lowest BCUT2D eigenvalue weighted by molar-refractivity contribution is 0.104. The van der Waals surface area contributed by atoms with Crippen molar-refractivity contribution in [2.45, 2.75) is 19.4 Å². The molecule has 3 aromatic rings. The first-order chi connectivity index (χ1) is 12.8. The van der Waals surface area contributed by atoms with Crippen LogP contribution < -0.4 is 4.74 Å². The van der Waals surface area contributed by atoms with Crippen LogP contribution in [0.4, 0.5) is 0 Å². The van der Waals surface area contributed by atoms with Gasteiger partial charge in [0.1, 0.15) is 5.75 Å². The van der Waals surface area contributed by atoms with E-state index in [4.69, 9.17) is 4.74 Å². The van der Waals surface area contributed by atoms with Crippen molar-refractivity contribution < 1.29 is 9.53 Å². The zero-order valence-corrected chi connectivity index (χ0v) is 14.5. The third-order valence-corrected chi connectivity index (χ3v) is 4.56. The van der Waals surface area contributed by atoms with Crippen molar-refractivity contribution in [1.82, 2.24) is 9.55 Å². The van der Waals surface area contributed by atoms with Crippen LogP contribution in [-0.4, -0.2) is 21.9 Å². The Balaban J connectivity index is 1.45. The SMILES string of the molecule is O=C1/C(=C/c2ccccc2OCCCn2ccnc2)Cc2ccccc21. The van der Waals surface area contributed by atoms with E-state index >= 15 is 0 Å². The van der Waals surface area contributed by atoms with E-state index in [0.29, 0.717) is 13.0 Å². The minimum Gasteiger partial charge on any atom is -0.493 e. The van der Waals surface area contributed by atoms with E-state index in [-0.39, 0.29) is 5.78 Å². The Morgan fingerprint density at radius 3 is 2.81 bits per heavy atom. The standard InChI is InChI=1S/C22H20N2O2/c25-22-19(14-17-6-1-3-8-20(17)22)15-18-7-2-4-9-21(18)26-13-5-11-24-12-10-23-16-24/h1-4,6-10,12,15-16H,5,11,13-14H2/b19-15+. The molecule has 4 rings (SSSR count). The average molecular weight is 344 g/mol. The number of ether oxygens (including phenoxy) is 1. The van der Waals surface area contributed by atoms with Gasteiger partial charge in [-0.15, -0.1) is 0 Å². The summed E-state index contributed by atoms with van der Waals surface area (Å²) in [4.78, 5) is 16.6. The number of aromatic nitrogens is 2. The molecule has 1 heterocycles. The molecule has 1 aliphatic rings. The molecule has 0 aliphatic heterocycles. The lowest BCUT2D eigenvalue weighted by Gasteiger charge is -2.10. The Bertz CT molecular complexity index is 942. The number of hydrogen-bond acceptors (Lipinski definition) is 3. The summed E-state index contributed by atoms with van der Waals surface area (Å²) in [7, 11) is 0. The summed E-state index contributed by atoms with van der Waals surface area (Å²) in [6, 6.07) is 15.7. The fourth-order valence-corrected chi connectivity index (χ4v) is 3.24. The molecule has 0 fully saturated rings. The summed E-state index contributed by atoms with van der Waals surface area (Å²) >= 11 is 0. The van der Waals surface area contributed by atoms with Gasteiger partial charge in [-0.1, -0.05) is 42.5 Å². The Morgan fingerprint density at radius 1 is 1.12 bits per heavy atom. The number of carbonyl (C=O) groups excluding carboxylic acids is 1. The van der Waals surface area contributed by atoms with Gasteiger partial charge in [0.25, 0.3) is 0 Å². The van der Waals surface area contributed by atoms with Crippen LogP contribution in [0, 0.1) is 0 Å². The molecular formula is C22H20N2O2. The summed E-state index contributed by atoms with van der Waals surface area (Å²) in [6.45, 7) is 1.49. The summed E-state index contributed by atoms with van der Waals surface area (Å²) in [5.74, 6) is 0.935. The molecule has 26 heavy (non-hydrogen) atoms. The van der Waals surface area contributed by atoms with Crippen LogP contribution in [-0.2, 0) is 13.0 Å². The van der Waals surface area contributed by atoms with Gasteiger partial charge in [0.2, 0.25) is 0 Å². The van der Waals surface area contributed by atoms with Gasteiger partial charge < -0.3 is 9.30 Å². The number of nitrogens with zero attached hydrogens (tertiary/aromatic N) is 2. The highest BCUT2D eigenvalue weighted by atomic mass is 16.5. The van der Waals surface area contributed by atoms with Gasteiger partial charge >= 0.3 is 0 Å². The van der Waals surface area contributed by atoms with Crippen molar-refractivity contribution in [3.63, 3.8) is 0 Å². The molecule has 130 valence electrons. The summed E-state index contributed by atoms with van der Waals surface area (Å²) in [5.41, 5.74) is 3.69. The highest BCUT2D eigenvalue weighted by molar-refractivity contribution is 6.15. The maximum absolute atomic E-state index is 12.6. The minimum absolute atomic E-state index is 0.121. The monoisotopic (exact) mass is 344 g/mol. The molecule has 4 heteroatoms. The molecule has 0 saturated carbocycles. The second-order valence-electron chi connectivity index (χ2n) is 6.37. The number of imidazole rings is 1. The molecule has 1 aromatic heterocycles. The average Bonchev–Trinajstić information content (AvgIpc) is 3.29. The fraction of sp³-hybridized carbons (Fsp3) is 0.182. The number of ketones is 1. The molecule has 4 nitrogen and oxygen atoms in total. The molecule has 0 amide bonds. The highest BCUT2D eigenvalue weighted by Crippen LogP contribution is 2.29. The summed E-state index contributed by atoms with van der Waals surface area (Å²) in [5, 5.41) is 0. The predicted molar refractivity (Wildman–Crippen MR) is 101 cm³/mol. The van der Waals surface area contributed by atoms with E-state index in [9.17, 15) is 4.79 Å². The van der Waals surface area contributed by atoms with Crippen LogP contribution in [0.3, 0.4) is 0 Å². The van der Waals surface area contributed by atoms with Crippen molar-refractivity contribution >= 4 is 11.9 Å². The van der Waals surface area contributed by atoms with E-state index in [1.54, 1.807) is 6.20 Å². The zero-order chi connectivity index (χ0) is 17.8. The lowest BCUT2D eigenvalue weighted by atomic mass is 10.1. The molecule has 0 radical (unpaired) electrons. The Labute approximate surface area is 152 Å². The maximum Gasteiger partial charge on any atom is 0.189 e. The van der Waals surface area contributed by atoms with E-state index < -0.39 is 0 Å². The first kappa shape index (κ1) is 16.3. The van der Waals surface area contributed by atoms with Crippen molar-refractivity contribution in [2.75, 3.05) is 6.61 Å². The molecule has 0 bridgehead atoms. The Hall–Kier alpha value is -3.14. The van der Waals surface area contributed by atoms with E-state index in [0.717, 1.165) is 41.0 Å². The summed E-state index contributed by atoms with van der Waals surface area (Å²) < 4.78 is 8.00. The Morgan fingerprint density at radius 2 is 1.96 bits per heavy atom. The van der Waals surface area contributed by atoms with Gasteiger partial charge in [-0.05, 0) is 24.1 Å². The second kappa shape index (κ2) is 7.40. The Kier molecular flexibility index (Phi) is 4.65. The van der Waals surface area contributed by atoms with Gasteiger partial charge in [0.15, 0.2) is 5.78 Å². The van der Waals surface area contributed by atoms with Gasteiger partial charge in [0, 0.05) is 42.1 Å². The zero-order valence-electron chi connectivity index (χ0n) is 14.5. The van der Waals surface area contributed by atoms with E-state index in [1.807, 2.05) is 71.7 Å². The van der Waals surface area contributed by atoms with Crippen molar-refractivity contribution in [3.8, 4) is 5.75 Å². The lowest BCUT2D eigenvalue weighted by Crippen LogP contribution is -2.04. The topological polar surface area (TPSA) is 44.1 Å². The van der Waals surface area contributed by atoms with Crippen molar-refractivity contribution in [1.29, 1.82) is 0 Å². The van der Waals surface area contributed by atoms with Crippen molar-refractivity contribution in [3.05, 3.63) is 89.5 Å². The number of hydrogen-bond donors (Lipinski definition) is 0. The highest BCUT2D eigenvalue weighted by Gasteiger charge is 2.24. The molecule has 1 aliphatic carbocycles. The van der Waals surface area contributed by atoms with Crippen LogP contribution in [0.1, 0.15) is 27.9 Å². The van der Waals surface area contributed by atoms with E-state index in [1.165, 1.54) is 0 Å². The van der Waals surface area contributed by atoms with Gasteiger partial charge in [-0.2, -0.15) is 0 Å². The van der Waals surface area contributed by atoms with Gasteiger partial charge in [-0.25, -0.2) is 4.98 Å². The summed E-state index contributed by atoms with van der Waals surface area (Å²) in [6.07, 6.45) is 9.07. The molecule has 0 unspecified atom stereocenters. The molecule has 0 saturated heterocycles. The smallest absolute Gasteiger partial charge is 0.189 e. The quantitative estimate of drug-likeness (QED) is 0.498. The number of para-hydroxylation sites is 1. The number of fused-ring (bicyclic) bond motifs is 1. The number of aryl methyl sites for hydroxylation is 1. The predicted octanol–water partition coefficient (Wildman–Crippen LogP) is 4.17. The first-order valence-corrected chi connectivity index (χ1v) is 8.82. The third-order valence-electron chi connectivity index (χ3n) is 4.56. The van der Waals surface area contributed by atoms with Crippen LogP contribution in [0.25, 0.3) is 6.08 Å².